The number of thiophene rings is 2. The van der Waals surface area contributed by atoms with Crippen molar-refractivity contribution in [3.63, 3.8) is 0 Å². The van der Waals surface area contributed by atoms with Gasteiger partial charge in [0.05, 0.1) is 18.4 Å². The van der Waals surface area contributed by atoms with Gasteiger partial charge < -0.3 is 15.4 Å². The van der Waals surface area contributed by atoms with E-state index in [-0.39, 0.29) is 29.2 Å². The summed E-state index contributed by atoms with van der Waals surface area (Å²) in [6.45, 7) is 1.93. The van der Waals surface area contributed by atoms with E-state index in [0.717, 1.165) is 69.8 Å². The van der Waals surface area contributed by atoms with E-state index in [1.165, 1.54) is 39.6 Å². The van der Waals surface area contributed by atoms with Gasteiger partial charge in [-0.2, -0.15) is 0 Å². The Balaban J connectivity index is 1.41. The molecule has 294 valence electrons. The molecule has 10 nitrogen and oxygen atoms in total. The maximum atomic E-state index is 14.3. The first-order valence-corrected chi connectivity index (χ1v) is 21.0. The third-order valence-corrected chi connectivity index (χ3v) is 12.7. The monoisotopic (exact) mass is 802 g/mol. The lowest BCUT2D eigenvalue weighted by molar-refractivity contribution is -0.126. The fraction of sp³-hybridized carbons (Fsp3) is 0.356. The highest BCUT2D eigenvalue weighted by atomic mass is 32.1. The van der Waals surface area contributed by atoms with E-state index in [1.807, 2.05) is 24.4 Å². The van der Waals surface area contributed by atoms with Gasteiger partial charge in [-0.1, -0.05) is 68.4 Å². The zero-order valence-corrected chi connectivity index (χ0v) is 33.8. The second kappa shape index (κ2) is 19.0. The quantitative estimate of drug-likeness (QED) is 0.111. The molecule has 2 aliphatic rings. The molecular weight excluding hydrogens is 757 g/mol. The lowest BCUT2D eigenvalue weighted by Gasteiger charge is -2.32. The van der Waals surface area contributed by atoms with Crippen LogP contribution in [0, 0.1) is 31.6 Å². The maximum Gasteiger partial charge on any atom is 0.340 e. The van der Waals surface area contributed by atoms with Gasteiger partial charge in [-0.05, 0) is 97.9 Å². The minimum Gasteiger partial charge on any atom is -0.465 e. The molecule has 2 atom stereocenters. The first-order valence-electron chi connectivity index (χ1n) is 19.3. The summed E-state index contributed by atoms with van der Waals surface area (Å²) in [6.07, 6.45) is 21.0. The van der Waals surface area contributed by atoms with Gasteiger partial charge in [-0.15, -0.1) is 35.5 Å². The molecule has 2 fully saturated rings. The number of amides is 4. The molecule has 2 unspecified atom stereocenters. The van der Waals surface area contributed by atoms with Gasteiger partial charge in [0, 0.05) is 32.4 Å². The number of benzene rings is 2. The summed E-state index contributed by atoms with van der Waals surface area (Å²) in [5.74, 6) is 1.43. The van der Waals surface area contributed by atoms with Crippen molar-refractivity contribution in [3.8, 4) is 35.1 Å². The zero-order valence-electron chi connectivity index (χ0n) is 32.1. The SMILES string of the molecule is C#CC(=O)N(c1ccc(C)cc1)C(C(=O)NC1CCCCC1)c1ccc(-c2ccc(N(C(=O)C#C)C(C(=O)NC3CCCCC3)c3cccs3)c(C(=O)OC)c2)s1. The molecule has 12 heteroatoms. The summed E-state index contributed by atoms with van der Waals surface area (Å²) < 4.78 is 5.22. The minimum absolute atomic E-state index is 0.0101. The number of hydrogen-bond donors (Lipinski definition) is 2. The fourth-order valence-electron chi connectivity index (χ4n) is 7.67. The molecule has 57 heavy (non-hydrogen) atoms. The number of aryl methyl sites for hydroxylation is 1. The second-order valence-corrected chi connectivity index (χ2v) is 16.5. The van der Waals surface area contributed by atoms with Crippen LogP contribution in [0.4, 0.5) is 11.4 Å². The molecule has 6 rings (SSSR count). The predicted octanol–water partition coefficient (Wildman–Crippen LogP) is 7.88. The van der Waals surface area contributed by atoms with Gasteiger partial charge in [0.15, 0.2) is 12.1 Å². The van der Waals surface area contributed by atoms with Gasteiger partial charge in [-0.3, -0.25) is 29.0 Å². The summed E-state index contributed by atoms with van der Waals surface area (Å²) in [7, 11) is 1.24. The number of anilines is 2. The lowest BCUT2D eigenvalue weighted by Crippen LogP contribution is -2.47. The molecular formula is C45H46N4O6S2. The average molecular weight is 803 g/mol. The van der Waals surface area contributed by atoms with E-state index in [1.54, 1.807) is 54.6 Å². The van der Waals surface area contributed by atoms with Gasteiger partial charge in [0.25, 0.3) is 0 Å². The Hall–Kier alpha value is -5.69. The first kappa shape index (κ1) is 41.0. The Labute approximate surface area is 342 Å². The highest BCUT2D eigenvalue weighted by molar-refractivity contribution is 7.15. The Kier molecular flexibility index (Phi) is 13.6. The molecule has 4 aromatic rings. The first-order chi connectivity index (χ1) is 27.6. The Morgan fingerprint density at radius 3 is 1.86 bits per heavy atom. The van der Waals surface area contributed by atoms with Crippen LogP contribution in [0.15, 0.2) is 72.1 Å². The number of rotatable bonds is 12. The fourth-order valence-corrected chi connectivity index (χ4v) is 9.58. The predicted molar refractivity (Wildman–Crippen MR) is 225 cm³/mol. The number of esters is 1. The topological polar surface area (TPSA) is 125 Å². The third-order valence-electron chi connectivity index (χ3n) is 10.6. The van der Waals surface area contributed by atoms with E-state index >= 15 is 0 Å². The van der Waals surface area contributed by atoms with E-state index < -0.39 is 35.8 Å². The Morgan fingerprint density at radius 1 is 0.737 bits per heavy atom. The molecule has 4 amide bonds. The molecule has 2 N–H and O–H groups in total. The number of carbonyl (C=O) groups excluding carboxylic acids is 5. The van der Waals surface area contributed by atoms with Crippen molar-refractivity contribution >= 4 is 63.6 Å². The molecule has 0 radical (unpaired) electrons. The lowest BCUT2D eigenvalue weighted by atomic mass is 9.95. The van der Waals surface area contributed by atoms with Crippen molar-refractivity contribution in [2.75, 3.05) is 16.9 Å². The number of terminal acetylenes is 2. The Morgan fingerprint density at radius 2 is 1.32 bits per heavy atom. The summed E-state index contributed by atoms with van der Waals surface area (Å²) >= 11 is 2.57. The smallest absolute Gasteiger partial charge is 0.340 e. The number of carbonyl (C=O) groups is 5. The molecule has 2 saturated carbocycles. The summed E-state index contributed by atoms with van der Waals surface area (Å²) in [4.78, 5) is 73.5. The molecule has 0 spiro atoms. The molecule has 2 aromatic heterocycles. The zero-order chi connectivity index (χ0) is 40.5. The van der Waals surface area contributed by atoms with Crippen molar-refractivity contribution < 1.29 is 28.7 Å². The molecule has 0 saturated heterocycles. The van der Waals surface area contributed by atoms with E-state index in [0.29, 0.717) is 25.9 Å². The van der Waals surface area contributed by atoms with Gasteiger partial charge in [0.2, 0.25) is 11.8 Å². The van der Waals surface area contributed by atoms with E-state index in [4.69, 9.17) is 17.6 Å². The van der Waals surface area contributed by atoms with Crippen molar-refractivity contribution in [3.05, 3.63) is 93.0 Å². The summed E-state index contributed by atoms with van der Waals surface area (Å²) in [6, 6.07) is 17.0. The number of ether oxygens (including phenoxy) is 1. The van der Waals surface area contributed by atoms with Crippen LogP contribution < -0.4 is 20.4 Å². The van der Waals surface area contributed by atoms with Crippen molar-refractivity contribution in [2.45, 2.75) is 95.3 Å². The molecule has 0 aliphatic heterocycles. The largest absolute Gasteiger partial charge is 0.465 e. The van der Waals surface area contributed by atoms with Crippen molar-refractivity contribution in [1.29, 1.82) is 0 Å². The van der Waals surface area contributed by atoms with E-state index in [2.05, 4.69) is 22.5 Å². The number of nitrogens with zero attached hydrogens (tertiary/aromatic N) is 2. The van der Waals surface area contributed by atoms with Crippen LogP contribution in [0.25, 0.3) is 10.4 Å². The van der Waals surface area contributed by atoms with Crippen molar-refractivity contribution in [2.24, 2.45) is 0 Å². The molecule has 0 bridgehead atoms. The maximum absolute atomic E-state index is 14.3. The summed E-state index contributed by atoms with van der Waals surface area (Å²) in [5.41, 5.74) is 2.14. The van der Waals surface area contributed by atoms with Crippen LogP contribution >= 0.6 is 22.7 Å². The van der Waals surface area contributed by atoms with Crippen LogP contribution in [0.5, 0.6) is 0 Å². The van der Waals surface area contributed by atoms with Crippen LogP contribution in [-0.4, -0.2) is 48.8 Å². The van der Waals surface area contributed by atoms with Gasteiger partial charge in [0.1, 0.15) is 0 Å². The molecule has 2 aliphatic carbocycles. The third kappa shape index (κ3) is 9.48. The number of hydrogen-bond acceptors (Lipinski definition) is 8. The van der Waals surface area contributed by atoms with Crippen LogP contribution in [0.3, 0.4) is 0 Å². The van der Waals surface area contributed by atoms with Gasteiger partial charge in [-0.25, -0.2) is 4.79 Å². The second-order valence-electron chi connectivity index (χ2n) is 14.4. The van der Waals surface area contributed by atoms with Crippen LogP contribution in [-0.2, 0) is 23.9 Å². The van der Waals surface area contributed by atoms with Crippen molar-refractivity contribution in [1.82, 2.24) is 10.6 Å². The average Bonchev–Trinajstić information content (AvgIpc) is 3.95. The van der Waals surface area contributed by atoms with Crippen LogP contribution in [0.2, 0.25) is 0 Å². The number of methoxy groups -OCH3 is 1. The van der Waals surface area contributed by atoms with Crippen LogP contribution in [0.1, 0.15) is 102 Å². The normalized spacial score (nSPS) is 15.6. The Bertz CT molecular complexity index is 2170. The minimum atomic E-state index is -1.15. The highest BCUT2D eigenvalue weighted by Crippen LogP contribution is 2.40. The summed E-state index contributed by atoms with van der Waals surface area (Å²) in [5, 5.41) is 8.14. The molecule has 2 aromatic carbocycles. The van der Waals surface area contributed by atoms with Gasteiger partial charge >= 0.3 is 17.8 Å². The molecule has 2 heterocycles. The highest BCUT2D eigenvalue weighted by Gasteiger charge is 2.38. The number of nitrogens with one attached hydrogen (secondary N) is 2. The van der Waals surface area contributed by atoms with E-state index in [9.17, 15) is 24.0 Å². The standard InChI is InChI=1S/C45H46N4O6S2/c1-5-39(50)48(33-22-19-29(3)20-23-33)42(44(53)47-32-16-11-8-12-17-32)38-26-25-36(57-38)30-21-24-35(34(28-30)45(54)55-4)49(40(51)6-2)41(37-18-13-27-56-37)43(52)46-31-14-9-7-10-15-31/h1-2,13,18-28,31-32,41-42H,7-12,14-17H2,3-4H3,(H,46,52)(H,47,53).